The molecule has 28 heavy (non-hydrogen) atoms. The first-order chi connectivity index (χ1) is 13.3. The summed E-state index contributed by atoms with van der Waals surface area (Å²) in [6.07, 6.45) is -7.70. The molecule has 5 N–H and O–H groups in total. The summed E-state index contributed by atoms with van der Waals surface area (Å²) in [6, 6.07) is 16.6. The predicted octanol–water partition coefficient (Wildman–Crippen LogP) is 0.649. The molecule has 0 radical (unpaired) electrons. The van der Waals surface area contributed by atoms with Crippen LogP contribution in [0.25, 0.3) is 11.1 Å². The van der Waals surface area contributed by atoms with Crippen molar-refractivity contribution in [3.05, 3.63) is 54.6 Å². The van der Waals surface area contributed by atoms with Crippen molar-refractivity contribution in [3.8, 4) is 16.9 Å². The first-order valence-corrected chi connectivity index (χ1v) is 10.00. The number of aliphatic hydroxyl groups excluding tert-OH is 3. The topological polar surface area (TPSA) is 146 Å². The average molecular weight is 412 g/mol. The Kier molecular flexibility index (Phi) is 6.49. The largest absolute Gasteiger partial charge is 0.470 e. The highest BCUT2D eigenvalue weighted by Crippen LogP contribution is 2.41. The molecule has 0 amide bonds. The Labute approximate surface area is 161 Å². The number of benzene rings is 2. The van der Waals surface area contributed by atoms with Gasteiger partial charge in [0.2, 0.25) is 6.29 Å². The fourth-order valence-electron chi connectivity index (χ4n) is 2.93. The van der Waals surface area contributed by atoms with E-state index in [0.29, 0.717) is 5.75 Å². The molecule has 1 aliphatic rings. The van der Waals surface area contributed by atoms with Crippen LogP contribution in [-0.4, -0.2) is 62.4 Å². The molecule has 10 heteroatoms. The Morgan fingerprint density at radius 1 is 0.929 bits per heavy atom. The summed E-state index contributed by atoms with van der Waals surface area (Å²) in [6.45, 7) is -0.707. The molecule has 2 aromatic carbocycles. The maximum atomic E-state index is 11.0. The number of phosphoric ester groups is 1. The minimum atomic E-state index is -4.97. The van der Waals surface area contributed by atoms with E-state index in [0.717, 1.165) is 11.1 Å². The Morgan fingerprint density at radius 3 is 2.11 bits per heavy atom. The minimum absolute atomic E-state index is 0.335. The average Bonchev–Trinajstić information content (AvgIpc) is 2.68. The normalized spacial score (nSPS) is 28.1. The van der Waals surface area contributed by atoms with Gasteiger partial charge in [-0.1, -0.05) is 42.5 Å². The lowest BCUT2D eigenvalue weighted by Gasteiger charge is -2.41. The molecule has 0 saturated carbocycles. The van der Waals surface area contributed by atoms with Gasteiger partial charge in [-0.15, -0.1) is 0 Å². The van der Waals surface area contributed by atoms with Crippen molar-refractivity contribution < 1.29 is 43.7 Å². The number of phosphoric acid groups is 1. The fourth-order valence-corrected chi connectivity index (χ4v) is 3.51. The third kappa shape index (κ3) is 4.96. The van der Waals surface area contributed by atoms with Crippen molar-refractivity contribution in [1.29, 1.82) is 0 Å². The van der Waals surface area contributed by atoms with Crippen molar-refractivity contribution in [3.63, 3.8) is 0 Å². The third-order valence-corrected chi connectivity index (χ3v) is 4.81. The predicted molar refractivity (Wildman–Crippen MR) is 97.2 cm³/mol. The molecular formula is C18H21O9P. The Hall–Kier alpha value is -1.81. The van der Waals surface area contributed by atoms with Crippen molar-refractivity contribution in [1.82, 2.24) is 0 Å². The molecular weight excluding hydrogens is 391 g/mol. The van der Waals surface area contributed by atoms with Crippen LogP contribution in [-0.2, 0) is 13.8 Å². The van der Waals surface area contributed by atoms with Crippen LogP contribution >= 0.6 is 7.82 Å². The van der Waals surface area contributed by atoms with E-state index in [1.165, 1.54) is 0 Å². The van der Waals surface area contributed by atoms with Gasteiger partial charge in [-0.25, -0.2) is 4.57 Å². The van der Waals surface area contributed by atoms with Crippen molar-refractivity contribution in [2.75, 3.05) is 6.61 Å². The van der Waals surface area contributed by atoms with E-state index in [4.69, 9.17) is 19.3 Å². The molecule has 5 atom stereocenters. The lowest BCUT2D eigenvalue weighted by molar-refractivity contribution is -0.274. The molecule has 1 saturated heterocycles. The lowest BCUT2D eigenvalue weighted by Crippen LogP contribution is -2.60. The Morgan fingerprint density at radius 2 is 1.54 bits per heavy atom. The maximum Gasteiger partial charge on any atom is 0.470 e. The van der Waals surface area contributed by atoms with E-state index in [9.17, 15) is 19.9 Å². The molecule has 0 spiro atoms. The summed E-state index contributed by atoms with van der Waals surface area (Å²) in [7, 11) is -4.97. The highest BCUT2D eigenvalue weighted by molar-refractivity contribution is 7.46. The molecule has 0 aromatic heterocycles. The number of hydrogen-bond donors (Lipinski definition) is 5. The quantitative estimate of drug-likeness (QED) is 0.432. The van der Waals surface area contributed by atoms with Gasteiger partial charge >= 0.3 is 7.82 Å². The second-order valence-corrected chi connectivity index (χ2v) is 7.47. The summed E-state index contributed by atoms with van der Waals surface area (Å²) in [5, 5.41) is 29.8. The van der Waals surface area contributed by atoms with Gasteiger partial charge in [0.1, 0.15) is 30.2 Å². The van der Waals surface area contributed by atoms with E-state index in [2.05, 4.69) is 4.52 Å². The molecule has 2 aromatic rings. The van der Waals surface area contributed by atoms with E-state index < -0.39 is 45.1 Å². The molecule has 152 valence electrons. The summed E-state index contributed by atoms with van der Waals surface area (Å²) < 4.78 is 26.4. The van der Waals surface area contributed by atoms with Gasteiger partial charge in [-0.3, -0.25) is 4.52 Å². The molecule has 1 aliphatic heterocycles. The molecule has 0 unspecified atom stereocenters. The van der Waals surface area contributed by atoms with Crippen molar-refractivity contribution in [2.24, 2.45) is 0 Å². The molecule has 9 nitrogen and oxygen atoms in total. The SMILES string of the molecule is O=P(O)(O)O[C@H]1[C@H](O)[C@H](O)[C@@H](Oc2ccc(-c3ccccc3)cc2)O[C@@H]1CO. The smallest absolute Gasteiger partial charge is 0.462 e. The molecule has 1 heterocycles. The van der Waals surface area contributed by atoms with Crippen molar-refractivity contribution >= 4 is 7.82 Å². The number of ether oxygens (including phenoxy) is 2. The van der Waals surface area contributed by atoms with Crippen LogP contribution in [0.2, 0.25) is 0 Å². The first kappa shape index (κ1) is 20.9. The van der Waals surface area contributed by atoms with Crippen LogP contribution in [0, 0.1) is 0 Å². The van der Waals surface area contributed by atoms with Crippen LogP contribution in [0.5, 0.6) is 5.75 Å². The Bertz CT molecular complexity index is 806. The minimum Gasteiger partial charge on any atom is -0.462 e. The summed E-state index contributed by atoms with van der Waals surface area (Å²) in [4.78, 5) is 17.9. The second-order valence-electron chi connectivity index (χ2n) is 6.28. The summed E-state index contributed by atoms with van der Waals surface area (Å²) in [5.41, 5.74) is 1.96. The van der Waals surface area contributed by atoms with Gasteiger partial charge in [0.05, 0.1) is 6.61 Å². The number of aliphatic hydroxyl groups is 3. The monoisotopic (exact) mass is 412 g/mol. The van der Waals surface area contributed by atoms with Crippen LogP contribution in [0.1, 0.15) is 0 Å². The van der Waals surface area contributed by atoms with E-state index in [1.54, 1.807) is 24.3 Å². The van der Waals surface area contributed by atoms with E-state index in [-0.39, 0.29) is 0 Å². The standard InChI is InChI=1S/C18H21O9P/c19-10-14-17(27-28(22,23)24)15(20)16(21)18(26-14)25-13-8-6-12(7-9-13)11-4-2-1-3-5-11/h1-9,14-21H,10H2,(H2,22,23,24)/t14-,15-,16+,17-,18+/m1/s1. The molecule has 1 fully saturated rings. The molecule has 0 bridgehead atoms. The zero-order valence-electron chi connectivity index (χ0n) is 14.6. The number of rotatable bonds is 6. The van der Waals surface area contributed by atoms with Gasteiger partial charge in [-0.2, -0.15) is 0 Å². The molecule has 0 aliphatic carbocycles. The van der Waals surface area contributed by atoms with Crippen LogP contribution in [0.15, 0.2) is 54.6 Å². The third-order valence-electron chi connectivity index (χ3n) is 4.29. The van der Waals surface area contributed by atoms with Crippen LogP contribution in [0.3, 0.4) is 0 Å². The number of hydrogen-bond acceptors (Lipinski definition) is 7. The Balaban J connectivity index is 1.71. The summed E-state index contributed by atoms with van der Waals surface area (Å²) >= 11 is 0. The zero-order valence-corrected chi connectivity index (χ0v) is 15.5. The summed E-state index contributed by atoms with van der Waals surface area (Å²) in [5.74, 6) is 0.335. The van der Waals surface area contributed by atoms with E-state index in [1.807, 2.05) is 30.3 Å². The van der Waals surface area contributed by atoms with Crippen molar-refractivity contribution in [2.45, 2.75) is 30.7 Å². The maximum absolute atomic E-state index is 11.0. The van der Waals surface area contributed by atoms with Gasteiger partial charge in [-0.05, 0) is 23.3 Å². The fraction of sp³-hybridized carbons (Fsp3) is 0.333. The highest BCUT2D eigenvalue weighted by atomic mass is 31.2. The van der Waals surface area contributed by atoms with E-state index >= 15 is 0 Å². The van der Waals surface area contributed by atoms with Gasteiger partial charge in [0.15, 0.2) is 0 Å². The highest BCUT2D eigenvalue weighted by Gasteiger charge is 2.48. The van der Waals surface area contributed by atoms with Gasteiger partial charge in [0, 0.05) is 0 Å². The van der Waals surface area contributed by atoms with Gasteiger partial charge in [0.25, 0.3) is 0 Å². The van der Waals surface area contributed by atoms with Gasteiger partial charge < -0.3 is 34.6 Å². The van der Waals surface area contributed by atoms with Crippen LogP contribution in [0.4, 0.5) is 0 Å². The molecule has 3 rings (SSSR count). The lowest BCUT2D eigenvalue weighted by atomic mass is 9.99. The first-order valence-electron chi connectivity index (χ1n) is 8.47. The second kappa shape index (κ2) is 8.69. The zero-order chi connectivity index (χ0) is 20.3. The van der Waals surface area contributed by atoms with Crippen LogP contribution < -0.4 is 4.74 Å².